The molecule has 0 aromatic rings. The highest BCUT2D eigenvalue weighted by atomic mass is 16.5. The number of aliphatic hydroxyl groups is 1. The fraction of sp³-hybridized carbons (Fsp3) is 0.909. The van der Waals surface area contributed by atoms with Crippen LogP contribution in [0.15, 0.2) is 0 Å². The maximum Gasteiger partial charge on any atom is 0.167 e. The molecule has 1 saturated heterocycles. The van der Waals surface area contributed by atoms with E-state index < -0.39 is 6.10 Å². The molecular weight excluding hydrogens is 180 g/mol. The van der Waals surface area contributed by atoms with Gasteiger partial charge in [-0.15, -0.1) is 0 Å². The number of rotatable bonds is 2. The summed E-state index contributed by atoms with van der Waals surface area (Å²) in [4.78, 5) is 11.8. The highest BCUT2D eigenvalue weighted by Crippen LogP contribution is 2.25. The minimum absolute atomic E-state index is 0.0581. The molecule has 1 fully saturated rings. The van der Waals surface area contributed by atoms with Crippen LogP contribution in [-0.2, 0) is 9.53 Å². The number of hydrogen-bond acceptors (Lipinski definition) is 3. The normalized spacial score (nSPS) is 25.9. The van der Waals surface area contributed by atoms with Gasteiger partial charge in [-0.05, 0) is 18.3 Å². The lowest BCUT2D eigenvalue weighted by molar-refractivity contribution is -0.140. The van der Waals surface area contributed by atoms with E-state index in [1.165, 1.54) is 0 Å². The minimum Gasteiger partial charge on any atom is -0.385 e. The first-order valence-corrected chi connectivity index (χ1v) is 5.22. The second-order valence-electron chi connectivity index (χ2n) is 5.08. The molecule has 0 saturated carbocycles. The third kappa shape index (κ3) is 2.79. The third-order valence-electron chi connectivity index (χ3n) is 2.65. The van der Waals surface area contributed by atoms with Gasteiger partial charge in [-0.25, -0.2) is 0 Å². The van der Waals surface area contributed by atoms with E-state index in [4.69, 9.17) is 4.74 Å². The molecule has 0 spiro atoms. The van der Waals surface area contributed by atoms with Crippen LogP contribution >= 0.6 is 0 Å². The Morgan fingerprint density at radius 3 is 2.57 bits per heavy atom. The van der Waals surface area contributed by atoms with Gasteiger partial charge in [0.25, 0.3) is 0 Å². The fourth-order valence-electron chi connectivity index (χ4n) is 1.62. The third-order valence-corrected chi connectivity index (χ3v) is 2.65. The Morgan fingerprint density at radius 2 is 2.14 bits per heavy atom. The predicted octanol–water partition coefficient (Wildman–Crippen LogP) is 1.39. The van der Waals surface area contributed by atoms with Crippen molar-refractivity contribution < 1.29 is 14.6 Å². The van der Waals surface area contributed by atoms with Crippen LogP contribution in [0.1, 0.15) is 33.6 Å². The van der Waals surface area contributed by atoms with Crippen LogP contribution < -0.4 is 0 Å². The number of carbonyl (C=O) groups is 1. The summed E-state index contributed by atoms with van der Waals surface area (Å²) in [5.74, 6) is -0.157. The molecule has 2 unspecified atom stereocenters. The molecule has 0 aromatic carbocycles. The van der Waals surface area contributed by atoms with E-state index in [9.17, 15) is 9.90 Å². The summed E-state index contributed by atoms with van der Waals surface area (Å²) in [6, 6.07) is 0. The molecule has 3 heteroatoms. The molecule has 0 aromatic heterocycles. The van der Waals surface area contributed by atoms with Crippen molar-refractivity contribution >= 4 is 5.78 Å². The molecule has 0 amide bonds. The van der Waals surface area contributed by atoms with E-state index in [-0.39, 0.29) is 17.1 Å². The molecule has 0 radical (unpaired) electrons. The SMILES string of the molecule is CC(C)(C)C(O)C(=O)C1CCCOC1. The van der Waals surface area contributed by atoms with Crippen molar-refractivity contribution in [1.29, 1.82) is 0 Å². The summed E-state index contributed by atoms with van der Waals surface area (Å²) in [5, 5.41) is 9.80. The Morgan fingerprint density at radius 1 is 1.50 bits per heavy atom. The van der Waals surface area contributed by atoms with E-state index in [1.54, 1.807) is 0 Å². The molecule has 1 N–H and O–H groups in total. The lowest BCUT2D eigenvalue weighted by atomic mass is 9.81. The Bertz CT molecular complexity index is 199. The Hall–Kier alpha value is -0.410. The summed E-state index contributed by atoms with van der Waals surface area (Å²) in [6.45, 7) is 6.85. The zero-order valence-corrected chi connectivity index (χ0v) is 9.25. The van der Waals surface area contributed by atoms with Crippen molar-refractivity contribution in [3.05, 3.63) is 0 Å². The average molecular weight is 200 g/mol. The second-order valence-corrected chi connectivity index (χ2v) is 5.08. The topological polar surface area (TPSA) is 46.5 Å². The number of ketones is 1. The summed E-state index contributed by atoms with van der Waals surface area (Å²) in [6.07, 6.45) is 0.911. The predicted molar refractivity (Wildman–Crippen MR) is 54.0 cm³/mol. The summed E-state index contributed by atoms with van der Waals surface area (Å²) >= 11 is 0. The molecule has 3 nitrogen and oxygen atoms in total. The van der Waals surface area contributed by atoms with E-state index >= 15 is 0 Å². The molecular formula is C11H20O3. The molecule has 0 bridgehead atoms. The standard InChI is InChI=1S/C11H20O3/c1-11(2,3)10(13)9(12)8-5-4-6-14-7-8/h8,10,13H,4-7H2,1-3H3. The number of Topliss-reactive ketones (excluding diaryl/α,β-unsaturated/α-hetero) is 1. The number of aliphatic hydroxyl groups excluding tert-OH is 1. The molecule has 0 aliphatic carbocycles. The molecule has 82 valence electrons. The van der Waals surface area contributed by atoms with Crippen molar-refractivity contribution in [3.8, 4) is 0 Å². The molecule has 1 aliphatic rings. The van der Waals surface area contributed by atoms with Gasteiger partial charge in [-0.3, -0.25) is 4.79 Å². The van der Waals surface area contributed by atoms with E-state index in [2.05, 4.69) is 0 Å². The van der Waals surface area contributed by atoms with Gasteiger partial charge >= 0.3 is 0 Å². The van der Waals surface area contributed by atoms with Gasteiger partial charge in [0.05, 0.1) is 6.61 Å². The zero-order valence-electron chi connectivity index (χ0n) is 9.25. The van der Waals surface area contributed by atoms with Gasteiger partial charge in [0, 0.05) is 12.5 Å². The van der Waals surface area contributed by atoms with Gasteiger partial charge in [0.15, 0.2) is 5.78 Å². The van der Waals surface area contributed by atoms with Crippen LogP contribution in [0.2, 0.25) is 0 Å². The smallest absolute Gasteiger partial charge is 0.167 e. The van der Waals surface area contributed by atoms with Gasteiger partial charge < -0.3 is 9.84 Å². The molecule has 14 heavy (non-hydrogen) atoms. The first kappa shape index (κ1) is 11.7. The van der Waals surface area contributed by atoms with Gasteiger partial charge in [-0.2, -0.15) is 0 Å². The average Bonchev–Trinajstić information content (AvgIpc) is 2.15. The zero-order chi connectivity index (χ0) is 10.8. The Kier molecular flexibility index (Phi) is 3.67. The largest absolute Gasteiger partial charge is 0.385 e. The summed E-state index contributed by atoms with van der Waals surface area (Å²) in [7, 11) is 0. The van der Waals surface area contributed by atoms with Crippen molar-refractivity contribution in [2.45, 2.75) is 39.7 Å². The number of ether oxygens (including phenoxy) is 1. The number of carbonyl (C=O) groups excluding carboxylic acids is 1. The molecule has 1 rings (SSSR count). The Labute approximate surface area is 85.5 Å². The number of hydrogen-bond donors (Lipinski definition) is 1. The molecule has 2 atom stereocenters. The highest BCUT2D eigenvalue weighted by molar-refractivity contribution is 5.86. The van der Waals surface area contributed by atoms with E-state index in [0.29, 0.717) is 6.61 Å². The fourth-order valence-corrected chi connectivity index (χ4v) is 1.62. The quantitative estimate of drug-likeness (QED) is 0.732. The van der Waals surface area contributed by atoms with Crippen LogP contribution in [0.4, 0.5) is 0 Å². The van der Waals surface area contributed by atoms with Crippen molar-refractivity contribution in [3.63, 3.8) is 0 Å². The first-order chi connectivity index (χ1) is 6.43. The van der Waals surface area contributed by atoms with E-state index in [0.717, 1.165) is 19.4 Å². The van der Waals surface area contributed by atoms with E-state index in [1.807, 2.05) is 20.8 Å². The van der Waals surface area contributed by atoms with Crippen LogP contribution in [0, 0.1) is 11.3 Å². The Balaban J connectivity index is 2.55. The monoisotopic (exact) mass is 200 g/mol. The minimum atomic E-state index is -0.866. The summed E-state index contributed by atoms with van der Waals surface area (Å²) < 4.78 is 5.23. The van der Waals surface area contributed by atoms with Crippen LogP contribution in [0.3, 0.4) is 0 Å². The van der Waals surface area contributed by atoms with Crippen LogP contribution in [-0.4, -0.2) is 30.2 Å². The van der Waals surface area contributed by atoms with Gasteiger partial charge in [0.1, 0.15) is 6.10 Å². The van der Waals surface area contributed by atoms with Crippen molar-refractivity contribution in [1.82, 2.24) is 0 Å². The summed E-state index contributed by atoms with van der Waals surface area (Å²) in [5.41, 5.74) is -0.367. The molecule has 1 heterocycles. The second kappa shape index (κ2) is 4.41. The lowest BCUT2D eigenvalue weighted by Gasteiger charge is -2.29. The van der Waals surface area contributed by atoms with Gasteiger partial charge in [-0.1, -0.05) is 20.8 Å². The lowest BCUT2D eigenvalue weighted by Crippen LogP contribution is -2.40. The van der Waals surface area contributed by atoms with Crippen molar-refractivity contribution in [2.75, 3.05) is 13.2 Å². The molecule has 1 aliphatic heterocycles. The van der Waals surface area contributed by atoms with Gasteiger partial charge in [0.2, 0.25) is 0 Å². The highest BCUT2D eigenvalue weighted by Gasteiger charge is 2.34. The van der Waals surface area contributed by atoms with Crippen LogP contribution in [0.5, 0.6) is 0 Å². The maximum atomic E-state index is 11.8. The maximum absolute atomic E-state index is 11.8. The first-order valence-electron chi connectivity index (χ1n) is 5.22. The van der Waals surface area contributed by atoms with Crippen molar-refractivity contribution in [2.24, 2.45) is 11.3 Å². The van der Waals surface area contributed by atoms with Crippen LogP contribution in [0.25, 0.3) is 0 Å².